The Morgan fingerprint density at radius 2 is 1.70 bits per heavy atom. The molecule has 2 aromatic rings. The van der Waals surface area contributed by atoms with Crippen molar-refractivity contribution in [1.82, 2.24) is 9.21 Å². The molecule has 142 valence electrons. The standard InChI is InChI=1S/C19H20ClN3O3S/c20-18-3-1-2-4-19(18)27(24,25)23-11-9-22(10-12-23)13-14-26-17-7-5-16(15-21)6-8-17/h1-8H,9-14H2. The minimum atomic E-state index is -3.57. The van der Waals surface area contributed by atoms with Crippen LogP contribution in [0.15, 0.2) is 53.4 Å². The number of hydrogen-bond donors (Lipinski definition) is 0. The number of nitriles is 1. The smallest absolute Gasteiger partial charge is 0.244 e. The van der Waals surface area contributed by atoms with E-state index < -0.39 is 10.0 Å². The molecular formula is C19H20ClN3O3S. The summed E-state index contributed by atoms with van der Waals surface area (Å²) >= 11 is 6.05. The van der Waals surface area contributed by atoms with Crippen molar-refractivity contribution >= 4 is 21.6 Å². The third-order valence-corrected chi connectivity index (χ3v) is 6.84. The van der Waals surface area contributed by atoms with Crippen LogP contribution in [0.5, 0.6) is 5.75 Å². The molecular weight excluding hydrogens is 386 g/mol. The van der Waals surface area contributed by atoms with E-state index in [1.165, 1.54) is 10.4 Å². The molecule has 0 atom stereocenters. The number of piperazine rings is 1. The predicted octanol–water partition coefficient (Wildman–Crippen LogP) is 2.60. The van der Waals surface area contributed by atoms with E-state index in [1.807, 2.05) is 0 Å². The molecule has 0 bridgehead atoms. The van der Waals surface area contributed by atoms with E-state index in [2.05, 4.69) is 11.0 Å². The monoisotopic (exact) mass is 405 g/mol. The highest BCUT2D eigenvalue weighted by molar-refractivity contribution is 7.89. The quantitative estimate of drug-likeness (QED) is 0.738. The summed E-state index contributed by atoms with van der Waals surface area (Å²) in [4.78, 5) is 2.33. The summed E-state index contributed by atoms with van der Waals surface area (Å²) in [5, 5.41) is 9.04. The molecule has 0 N–H and O–H groups in total. The van der Waals surface area contributed by atoms with Gasteiger partial charge in [0.05, 0.1) is 16.7 Å². The summed E-state index contributed by atoms with van der Waals surface area (Å²) in [5.41, 5.74) is 0.596. The molecule has 0 aliphatic carbocycles. The first-order valence-electron chi connectivity index (χ1n) is 8.61. The van der Waals surface area contributed by atoms with Crippen LogP contribution in [-0.2, 0) is 10.0 Å². The van der Waals surface area contributed by atoms with Gasteiger partial charge in [0.15, 0.2) is 0 Å². The molecule has 2 aromatic carbocycles. The molecule has 0 spiro atoms. The van der Waals surface area contributed by atoms with Crippen molar-refractivity contribution in [3.05, 3.63) is 59.1 Å². The van der Waals surface area contributed by atoms with Gasteiger partial charge in [-0.25, -0.2) is 8.42 Å². The Bertz CT molecular complexity index is 918. The fourth-order valence-electron chi connectivity index (χ4n) is 2.90. The topological polar surface area (TPSA) is 73.6 Å². The molecule has 27 heavy (non-hydrogen) atoms. The van der Waals surface area contributed by atoms with E-state index in [0.717, 1.165) is 0 Å². The van der Waals surface area contributed by atoms with Crippen molar-refractivity contribution in [2.45, 2.75) is 4.90 Å². The molecule has 0 unspecified atom stereocenters. The van der Waals surface area contributed by atoms with E-state index in [0.29, 0.717) is 50.6 Å². The van der Waals surface area contributed by atoms with E-state index in [9.17, 15) is 8.42 Å². The highest BCUT2D eigenvalue weighted by atomic mass is 35.5. The van der Waals surface area contributed by atoms with E-state index in [-0.39, 0.29) is 9.92 Å². The SMILES string of the molecule is N#Cc1ccc(OCCN2CCN(S(=O)(=O)c3ccccc3Cl)CC2)cc1. The minimum Gasteiger partial charge on any atom is -0.492 e. The minimum absolute atomic E-state index is 0.157. The fraction of sp³-hybridized carbons (Fsp3) is 0.316. The van der Waals surface area contributed by atoms with Gasteiger partial charge in [-0.1, -0.05) is 23.7 Å². The maximum atomic E-state index is 12.7. The fourth-order valence-corrected chi connectivity index (χ4v) is 4.82. The maximum absolute atomic E-state index is 12.7. The maximum Gasteiger partial charge on any atom is 0.244 e. The first-order chi connectivity index (χ1) is 13.0. The normalized spacial score (nSPS) is 16.0. The number of benzene rings is 2. The highest BCUT2D eigenvalue weighted by Crippen LogP contribution is 2.25. The summed E-state index contributed by atoms with van der Waals surface area (Å²) in [7, 11) is -3.57. The van der Waals surface area contributed by atoms with Crippen LogP contribution < -0.4 is 4.74 Å². The van der Waals surface area contributed by atoms with Gasteiger partial charge in [-0.15, -0.1) is 0 Å². The number of ether oxygens (including phenoxy) is 1. The van der Waals surface area contributed by atoms with Gasteiger partial charge in [0.25, 0.3) is 0 Å². The first kappa shape index (κ1) is 19.6. The van der Waals surface area contributed by atoms with Gasteiger partial charge in [-0.3, -0.25) is 4.90 Å². The molecule has 1 heterocycles. The van der Waals surface area contributed by atoms with Crippen molar-refractivity contribution in [2.75, 3.05) is 39.3 Å². The van der Waals surface area contributed by atoms with Gasteiger partial charge in [0.1, 0.15) is 17.3 Å². The Kier molecular flexibility index (Phi) is 6.34. The van der Waals surface area contributed by atoms with Gasteiger partial charge in [-0.2, -0.15) is 9.57 Å². The lowest BCUT2D eigenvalue weighted by Gasteiger charge is -2.34. The van der Waals surface area contributed by atoms with Gasteiger partial charge >= 0.3 is 0 Å². The molecule has 6 nitrogen and oxygen atoms in total. The number of nitrogens with zero attached hydrogens (tertiary/aromatic N) is 3. The van der Waals surface area contributed by atoms with Gasteiger partial charge in [0, 0.05) is 32.7 Å². The second-order valence-corrected chi connectivity index (χ2v) is 8.47. The Labute approximate surface area is 164 Å². The van der Waals surface area contributed by atoms with Crippen molar-refractivity contribution in [3.8, 4) is 11.8 Å². The molecule has 1 fully saturated rings. The molecule has 0 saturated carbocycles. The zero-order valence-electron chi connectivity index (χ0n) is 14.7. The molecule has 1 aliphatic heterocycles. The zero-order valence-corrected chi connectivity index (χ0v) is 16.3. The molecule has 1 aliphatic rings. The Morgan fingerprint density at radius 1 is 1.04 bits per heavy atom. The van der Waals surface area contributed by atoms with Crippen molar-refractivity contribution < 1.29 is 13.2 Å². The van der Waals surface area contributed by atoms with E-state index in [1.54, 1.807) is 42.5 Å². The van der Waals surface area contributed by atoms with Crippen LogP contribution in [0.1, 0.15) is 5.56 Å². The van der Waals surface area contributed by atoms with Crippen molar-refractivity contribution in [2.24, 2.45) is 0 Å². The molecule has 0 amide bonds. The summed E-state index contributed by atoms with van der Waals surface area (Å²) in [6.07, 6.45) is 0. The van der Waals surface area contributed by atoms with Crippen LogP contribution in [0.4, 0.5) is 0 Å². The number of rotatable bonds is 6. The van der Waals surface area contributed by atoms with E-state index >= 15 is 0 Å². The first-order valence-corrected chi connectivity index (χ1v) is 10.4. The lowest BCUT2D eigenvalue weighted by molar-refractivity contribution is 0.159. The lowest BCUT2D eigenvalue weighted by Crippen LogP contribution is -2.49. The zero-order chi connectivity index (χ0) is 19.3. The Hall–Kier alpha value is -2.11. The van der Waals surface area contributed by atoms with Crippen LogP contribution in [0.3, 0.4) is 0 Å². The number of sulfonamides is 1. The molecule has 1 saturated heterocycles. The number of hydrogen-bond acceptors (Lipinski definition) is 5. The van der Waals surface area contributed by atoms with E-state index in [4.69, 9.17) is 21.6 Å². The predicted molar refractivity (Wildman–Crippen MR) is 103 cm³/mol. The third kappa shape index (κ3) is 4.79. The summed E-state index contributed by atoms with van der Waals surface area (Å²) in [6, 6.07) is 15.6. The average Bonchev–Trinajstić information content (AvgIpc) is 2.69. The molecule has 0 radical (unpaired) electrons. The lowest BCUT2D eigenvalue weighted by atomic mass is 10.2. The average molecular weight is 406 g/mol. The van der Waals surface area contributed by atoms with Crippen LogP contribution in [0.2, 0.25) is 5.02 Å². The Balaban J connectivity index is 1.49. The molecule has 8 heteroatoms. The second-order valence-electron chi connectivity index (χ2n) is 6.16. The van der Waals surface area contributed by atoms with Crippen molar-refractivity contribution in [3.63, 3.8) is 0 Å². The van der Waals surface area contributed by atoms with Crippen LogP contribution in [-0.4, -0.2) is 57.0 Å². The molecule has 0 aromatic heterocycles. The second kappa shape index (κ2) is 8.72. The van der Waals surface area contributed by atoms with Gasteiger partial charge in [0.2, 0.25) is 10.0 Å². The highest BCUT2D eigenvalue weighted by Gasteiger charge is 2.29. The van der Waals surface area contributed by atoms with Crippen LogP contribution in [0.25, 0.3) is 0 Å². The van der Waals surface area contributed by atoms with Gasteiger partial charge in [-0.05, 0) is 36.4 Å². The van der Waals surface area contributed by atoms with Gasteiger partial charge < -0.3 is 4.74 Å². The van der Waals surface area contributed by atoms with Crippen molar-refractivity contribution in [1.29, 1.82) is 5.26 Å². The number of halogens is 1. The Morgan fingerprint density at radius 3 is 2.33 bits per heavy atom. The largest absolute Gasteiger partial charge is 0.492 e. The van der Waals surface area contributed by atoms with Crippen LogP contribution in [0, 0.1) is 11.3 Å². The molecule has 3 rings (SSSR count). The summed E-state index contributed by atoms with van der Waals surface area (Å²) < 4.78 is 32.6. The third-order valence-electron chi connectivity index (χ3n) is 4.45. The van der Waals surface area contributed by atoms with Crippen LogP contribution >= 0.6 is 11.6 Å². The summed E-state index contributed by atoms with van der Waals surface area (Å²) in [6.45, 7) is 3.33. The summed E-state index contributed by atoms with van der Waals surface area (Å²) in [5.74, 6) is 0.717.